The third-order valence-corrected chi connectivity index (χ3v) is 2.28. The van der Waals surface area contributed by atoms with E-state index in [0.717, 1.165) is 0 Å². The topological polar surface area (TPSA) is 99.2 Å². The van der Waals surface area contributed by atoms with Crippen molar-refractivity contribution >= 4 is 11.9 Å². The van der Waals surface area contributed by atoms with Gasteiger partial charge in [-0.25, -0.2) is 9.48 Å². The average Bonchev–Trinajstić information content (AvgIpc) is 3.06. The third-order valence-electron chi connectivity index (χ3n) is 2.28. The van der Waals surface area contributed by atoms with E-state index in [1.807, 2.05) is 0 Å². The summed E-state index contributed by atoms with van der Waals surface area (Å²) in [6.07, 6.45) is 2.87. The molecule has 0 fully saturated rings. The van der Waals surface area contributed by atoms with Gasteiger partial charge in [0.05, 0.1) is 26.1 Å². The number of nitrogens with one attached hydrogen (secondary N) is 1. The van der Waals surface area contributed by atoms with Crippen LogP contribution in [0.25, 0.3) is 0 Å². The predicted molar refractivity (Wildman–Crippen MR) is 61.9 cm³/mol. The molecule has 8 heteroatoms. The van der Waals surface area contributed by atoms with Crippen molar-refractivity contribution in [1.29, 1.82) is 0 Å². The lowest BCUT2D eigenvalue weighted by Gasteiger charge is -2.02. The summed E-state index contributed by atoms with van der Waals surface area (Å²) in [7, 11) is 1.25. The summed E-state index contributed by atoms with van der Waals surface area (Å²) in [5, 5.41) is 9.89. The predicted octanol–water partition coefficient (Wildman–Crippen LogP) is -0.0259. The van der Waals surface area contributed by atoms with Crippen molar-refractivity contribution < 1.29 is 18.7 Å². The van der Waals surface area contributed by atoms with Crippen molar-refractivity contribution in [2.45, 2.75) is 13.1 Å². The van der Waals surface area contributed by atoms with Gasteiger partial charge in [-0.15, -0.1) is 5.10 Å². The molecule has 1 N–H and O–H groups in total. The van der Waals surface area contributed by atoms with Crippen LogP contribution in [0.5, 0.6) is 0 Å². The summed E-state index contributed by atoms with van der Waals surface area (Å²) in [6, 6.07) is 3.49. The van der Waals surface area contributed by atoms with Crippen LogP contribution in [-0.4, -0.2) is 34.0 Å². The van der Waals surface area contributed by atoms with Gasteiger partial charge in [-0.05, 0) is 12.1 Å². The Hall–Kier alpha value is -2.64. The molecule has 2 aromatic heterocycles. The highest BCUT2D eigenvalue weighted by atomic mass is 16.5. The van der Waals surface area contributed by atoms with Gasteiger partial charge < -0.3 is 14.5 Å². The number of amides is 1. The van der Waals surface area contributed by atoms with Crippen LogP contribution < -0.4 is 5.32 Å². The van der Waals surface area contributed by atoms with Gasteiger partial charge in [-0.1, -0.05) is 5.21 Å². The van der Waals surface area contributed by atoms with E-state index in [1.54, 1.807) is 12.1 Å². The van der Waals surface area contributed by atoms with Gasteiger partial charge in [-0.3, -0.25) is 4.79 Å². The zero-order chi connectivity index (χ0) is 13.7. The molecule has 0 saturated heterocycles. The number of rotatable bonds is 5. The van der Waals surface area contributed by atoms with Gasteiger partial charge in [0.2, 0.25) is 5.91 Å². The van der Waals surface area contributed by atoms with Crippen LogP contribution >= 0.6 is 0 Å². The number of hydrogen-bond acceptors (Lipinski definition) is 6. The van der Waals surface area contributed by atoms with Crippen LogP contribution in [-0.2, 0) is 22.6 Å². The van der Waals surface area contributed by atoms with Crippen molar-refractivity contribution in [3.05, 3.63) is 36.0 Å². The molecule has 0 spiro atoms. The maximum atomic E-state index is 11.6. The fourth-order valence-corrected chi connectivity index (χ4v) is 1.38. The lowest BCUT2D eigenvalue weighted by atomic mass is 10.4. The first-order valence-corrected chi connectivity index (χ1v) is 5.46. The second-order valence-electron chi connectivity index (χ2n) is 3.65. The fraction of sp³-hybridized carbons (Fsp3) is 0.273. The van der Waals surface area contributed by atoms with Gasteiger partial charge in [0.25, 0.3) is 0 Å². The lowest BCUT2D eigenvalue weighted by molar-refractivity contribution is -0.122. The minimum Gasteiger partial charge on any atom is -0.467 e. The van der Waals surface area contributed by atoms with Crippen molar-refractivity contribution in [2.75, 3.05) is 7.11 Å². The third kappa shape index (κ3) is 3.41. The number of furan rings is 1. The number of esters is 1. The van der Waals surface area contributed by atoms with Gasteiger partial charge in [-0.2, -0.15) is 0 Å². The van der Waals surface area contributed by atoms with Crippen molar-refractivity contribution in [3.63, 3.8) is 0 Å². The maximum Gasteiger partial charge on any atom is 0.360 e. The Labute approximate surface area is 108 Å². The fourth-order valence-electron chi connectivity index (χ4n) is 1.38. The highest BCUT2D eigenvalue weighted by Gasteiger charge is 2.12. The largest absolute Gasteiger partial charge is 0.467 e. The molecule has 0 aliphatic rings. The summed E-state index contributed by atoms with van der Waals surface area (Å²) in [6.45, 7) is 0.259. The molecule has 100 valence electrons. The summed E-state index contributed by atoms with van der Waals surface area (Å²) < 4.78 is 10.8. The van der Waals surface area contributed by atoms with E-state index in [1.165, 1.54) is 24.3 Å². The smallest absolute Gasteiger partial charge is 0.360 e. The van der Waals surface area contributed by atoms with Crippen LogP contribution in [0.3, 0.4) is 0 Å². The number of ether oxygens (including phenoxy) is 1. The van der Waals surface area contributed by atoms with E-state index >= 15 is 0 Å². The second kappa shape index (κ2) is 5.80. The maximum absolute atomic E-state index is 11.6. The number of nitrogens with zero attached hydrogens (tertiary/aromatic N) is 3. The number of carbonyl (C=O) groups is 2. The first-order chi connectivity index (χ1) is 9.19. The summed E-state index contributed by atoms with van der Waals surface area (Å²) in [4.78, 5) is 22.7. The lowest BCUT2D eigenvalue weighted by Crippen LogP contribution is -2.27. The molecule has 0 radical (unpaired) electrons. The molecule has 2 rings (SSSR count). The quantitative estimate of drug-likeness (QED) is 0.761. The van der Waals surface area contributed by atoms with Crippen LogP contribution in [0.15, 0.2) is 29.0 Å². The number of carbonyl (C=O) groups excluding carboxylic acids is 2. The zero-order valence-corrected chi connectivity index (χ0v) is 10.2. The average molecular weight is 264 g/mol. The highest BCUT2D eigenvalue weighted by molar-refractivity contribution is 5.86. The van der Waals surface area contributed by atoms with E-state index in [0.29, 0.717) is 12.3 Å². The molecule has 2 heterocycles. The van der Waals surface area contributed by atoms with Crippen LogP contribution in [0.2, 0.25) is 0 Å². The Morgan fingerprint density at radius 1 is 1.53 bits per heavy atom. The Morgan fingerprint density at radius 3 is 3.05 bits per heavy atom. The molecule has 2 aromatic rings. The molecule has 0 bridgehead atoms. The molecule has 0 atom stereocenters. The van der Waals surface area contributed by atoms with E-state index in [4.69, 9.17) is 4.42 Å². The van der Waals surface area contributed by atoms with E-state index < -0.39 is 5.97 Å². The minimum atomic E-state index is -0.595. The van der Waals surface area contributed by atoms with Gasteiger partial charge >= 0.3 is 5.97 Å². The molecular formula is C11H12N4O4. The minimum absolute atomic E-state index is 0.0370. The molecule has 19 heavy (non-hydrogen) atoms. The molecule has 0 aliphatic heterocycles. The van der Waals surface area contributed by atoms with Crippen LogP contribution in [0.1, 0.15) is 16.2 Å². The van der Waals surface area contributed by atoms with E-state index in [2.05, 4.69) is 20.4 Å². The Morgan fingerprint density at radius 2 is 2.37 bits per heavy atom. The normalized spacial score (nSPS) is 10.2. The monoisotopic (exact) mass is 264 g/mol. The summed E-state index contributed by atoms with van der Waals surface area (Å²) in [5.41, 5.74) is 0.0568. The number of hydrogen-bond donors (Lipinski definition) is 1. The zero-order valence-electron chi connectivity index (χ0n) is 10.2. The van der Waals surface area contributed by atoms with Crippen molar-refractivity contribution in [2.24, 2.45) is 0 Å². The van der Waals surface area contributed by atoms with Gasteiger partial charge in [0.15, 0.2) is 5.69 Å². The first-order valence-electron chi connectivity index (χ1n) is 5.46. The Bertz CT molecular complexity index is 561. The van der Waals surface area contributed by atoms with E-state index in [-0.39, 0.29) is 18.1 Å². The second-order valence-corrected chi connectivity index (χ2v) is 3.65. The first kappa shape index (κ1) is 12.8. The number of aromatic nitrogens is 3. The van der Waals surface area contributed by atoms with Crippen LogP contribution in [0, 0.1) is 0 Å². The van der Waals surface area contributed by atoms with Crippen molar-refractivity contribution in [3.8, 4) is 0 Å². The molecule has 8 nitrogen and oxygen atoms in total. The molecule has 1 amide bonds. The molecule has 0 aliphatic carbocycles. The van der Waals surface area contributed by atoms with Crippen molar-refractivity contribution in [1.82, 2.24) is 20.3 Å². The Balaban J connectivity index is 1.85. The van der Waals surface area contributed by atoms with Gasteiger partial charge in [0, 0.05) is 0 Å². The molecule has 0 saturated carbocycles. The Kier molecular flexibility index (Phi) is 3.91. The molecule has 0 unspecified atom stereocenters. The molecule has 0 aromatic carbocycles. The van der Waals surface area contributed by atoms with Crippen LogP contribution in [0.4, 0.5) is 0 Å². The number of methoxy groups -OCH3 is 1. The molecular weight excluding hydrogens is 252 g/mol. The highest BCUT2D eigenvalue weighted by Crippen LogP contribution is 1.99. The van der Waals surface area contributed by atoms with Gasteiger partial charge in [0.1, 0.15) is 12.3 Å². The SMILES string of the molecule is COC(=O)c1cn(CC(=O)NCc2ccco2)nn1. The summed E-state index contributed by atoms with van der Waals surface area (Å²) >= 11 is 0. The van der Waals surface area contributed by atoms with E-state index in [9.17, 15) is 9.59 Å². The summed E-state index contributed by atoms with van der Waals surface area (Å²) in [5.74, 6) is -0.206. The standard InChI is InChI=1S/C11H12N4O4/c1-18-11(17)9-6-15(14-13-9)7-10(16)12-5-8-3-2-4-19-8/h2-4,6H,5,7H2,1H3,(H,12,16).